The van der Waals surface area contributed by atoms with Crippen LogP contribution in [0, 0.1) is 5.95 Å². The number of carbonyl (C=O) groups excluding carboxylic acids is 5. The maximum absolute atomic E-state index is 14.3. The Morgan fingerprint density at radius 3 is 0.944 bits per heavy atom. The minimum Gasteiger partial charge on any atom is -0.463 e. The third kappa shape index (κ3) is 29.1. The van der Waals surface area contributed by atoms with Crippen molar-refractivity contribution in [2.24, 2.45) is 0 Å². The minimum absolute atomic E-state index is 0.0352. The number of halogens is 1. The van der Waals surface area contributed by atoms with E-state index < -0.39 is 5.95 Å². The molecule has 0 saturated carbocycles. The number of hydrogen-bond donors (Lipinski definition) is 1. The van der Waals surface area contributed by atoms with Crippen LogP contribution in [0.4, 0.5) is 33.5 Å². The molecule has 10 aliphatic rings. The Labute approximate surface area is 841 Å². The molecule has 5 fully saturated rings. The molecule has 15 heterocycles. The first kappa shape index (κ1) is 104. The van der Waals surface area contributed by atoms with Gasteiger partial charge in [0.15, 0.2) is 0 Å². The molecule has 1 N–H and O–H groups in total. The monoisotopic (exact) mass is 1970 g/mol. The standard InChI is InChI=1S/2C22H28N4O3.C22H28N4O2.C21H25FN4O3.C21H26N4O4/c1-28-12-13-29-22-23-15-19-14-20(27)26(21(19)24-22)11-8-17-4-6-18(7-5-17)16-25-9-2-3-10-25;1-28-12-13-29-22-23-15-19-14-20(27)26(21(19)24-22)16-18-6-4-17(5-7-18)8-11-25-9-2-3-10-25;1-2-3-12-28-22-23-14-19-13-20(27)26(21(19)24-22)16-18-8-6-17(7-9-18)15-25-10-4-5-11-25;1-28-10-11-29-21-23-19(22)17-12-18(27)26(20(17)24-21)14-16-6-4-15(5-7-16)13-25-8-2-3-9-25;1-28-10-11-29-21-22-19-17(20(27)23-21)12-18(26)25(19)14-16-6-4-15(5-7-16)13-24-8-2-3-9-24/h2*4-7,15H,2-3,8-14,16H2,1H3;6-9,14H,2-5,10-13,15-16H2,1H3;4-7H,2-3,8-14H2,1H3;4-7H,2-3,8-14H2,1H3,(H,22,23,27). The highest BCUT2D eigenvalue weighted by Gasteiger charge is 2.38. The summed E-state index contributed by atoms with van der Waals surface area (Å²) in [5.41, 5.74) is 14.8. The number of methoxy groups -OCH3 is 4. The minimum atomic E-state index is -0.709. The first-order valence-corrected chi connectivity index (χ1v) is 50.9. The summed E-state index contributed by atoms with van der Waals surface area (Å²) >= 11 is 0. The number of carbonyl (C=O) groups is 5. The molecule has 0 radical (unpaired) electrons. The van der Waals surface area contributed by atoms with Crippen LogP contribution in [-0.2, 0) is 140 Å². The van der Waals surface area contributed by atoms with E-state index in [-0.39, 0.29) is 96.6 Å². The second-order valence-electron chi connectivity index (χ2n) is 37.8. The molecule has 0 bridgehead atoms. The summed E-state index contributed by atoms with van der Waals surface area (Å²) in [5.74, 6) is 1.82. The van der Waals surface area contributed by atoms with Crippen LogP contribution >= 0.6 is 0 Å². The summed E-state index contributed by atoms with van der Waals surface area (Å²) in [6.45, 7) is 24.9. The Hall–Kier alpha value is -12.8. The van der Waals surface area contributed by atoms with E-state index in [1.165, 1.54) is 142 Å². The topological polar surface area (TPSA) is 350 Å². The molecule has 0 spiro atoms. The maximum atomic E-state index is 14.3. The molecule has 5 amide bonds. The zero-order chi connectivity index (χ0) is 99.9. The fraction of sp³-hybridized carbons (Fsp3) is 0.491. The van der Waals surface area contributed by atoms with Crippen molar-refractivity contribution in [3.05, 3.63) is 240 Å². The average molecular weight is 1970 g/mol. The molecule has 5 saturated heterocycles. The summed E-state index contributed by atoms with van der Waals surface area (Å²) in [6.07, 6.45) is 23.0. The van der Waals surface area contributed by atoms with Crippen molar-refractivity contribution >= 4 is 58.6 Å². The molecule has 0 aliphatic carbocycles. The van der Waals surface area contributed by atoms with Gasteiger partial charge in [0.2, 0.25) is 35.5 Å². The number of hydrogen-bond acceptors (Lipinski definition) is 29. The van der Waals surface area contributed by atoms with E-state index in [0.29, 0.717) is 133 Å². The molecule has 764 valence electrons. The quantitative estimate of drug-likeness (QED) is 0.0274. The number of anilines is 5. The van der Waals surface area contributed by atoms with Gasteiger partial charge in [0.1, 0.15) is 55.5 Å². The largest absolute Gasteiger partial charge is 0.463 e. The first-order chi connectivity index (χ1) is 70.4. The van der Waals surface area contributed by atoms with Gasteiger partial charge in [-0.15, -0.1) is 0 Å². The molecule has 36 heteroatoms. The molecule has 5 aromatic carbocycles. The molecule has 144 heavy (non-hydrogen) atoms. The number of nitrogens with one attached hydrogen (secondary N) is 1. The molecule has 35 nitrogen and oxygen atoms in total. The van der Waals surface area contributed by atoms with Crippen LogP contribution in [0.25, 0.3) is 0 Å². The predicted octanol–water partition coefficient (Wildman–Crippen LogP) is 11.6. The van der Waals surface area contributed by atoms with Gasteiger partial charge in [0.25, 0.3) is 11.6 Å². The van der Waals surface area contributed by atoms with E-state index in [2.05, 4.69) is 178 Å². The zero-order valence-corrected chi connectivity index (χ0v) is 83.7. The highest BCUT2D eigenvalue weighted by Crippen LogP contribution is 2.36. The van der Waals surface area contributed by atoms with Crippen molar-refractivity contribution in [3.63, 3.8) is 0 Å². The Morgan fingerprint density at radius 2 is 0.576 bits per heavy atom. The number of H-pyrrole nitrogens is 1. The second-order valence-corrected chi connectivity index (χ2v) is 37.8. The van der Waals surface area contributed by atoms with Gasteiger partial charge < -0.3 is 47.5 Å². The Bertz CT molecular complexity index is 5940. The number of amides is 5. The second kappa shape index (κ2) is 52.7. The van der Waals surface area contributed by atoms with Gasteiger partial charge in [0, 0.05) is 103 Å². The van der Waals surface area contributed by atoms with Crippen LogP contribution in [0.3, 0.4) is 0 Å². The Morgan fingerprint density at radius 1 is 0.292 bits per heavy atom. The summed E-state index contributed by atoms with van der Waals surface area (Å²) in [6, 6.07) is 43.4. The van der Waals surface area contributed by atoms with Gasteiger partial charge in [0.05, 0.1) is 102 Å². The number of benzene rings is 5. The lowest BCUT2D eigenvalue weighted by Crippen LogP contribution is -2.29. The summed E-state index contributed by atoms with van der Waals surface area (Å²) in [4.78, 5) is 136. The fourth-order valence-electron chi connectivity index (χ4n) is 19.1. The lowest BCUT2D eigenvalue weighted by molar-refractivity contribution is -0.118. The normalized spacial score (nSPS) is 16.5. The smallest absolute Gasteiger partial charge is 0.321 e. The number of fused-ring (bicyclic) bond motifs is 5. The number of rotatable bonds is 42. The molecule has 20 rings (SSSR count). The van der Waals surface area contributed by atoms with Gasteiger partial charge >= 0.3 is 24.0 Å². The fourth-order valence-corrected chi connectivity index (χ4v) is 19.1. The number of aromatic nitrogens is 10. The summed E-state index contributed by atoms with van der Waals surface area (Å²) in [7, 11) is 6.35. The van der Waals surface area contributed by atoms with Crippen molar-refractivity contribution in [3.8, 4) is 30.1 Å². The van der Waals surface area contributed by atoms with Crippen LogP contribution in [0.2, 0.25) is 0 Å². The summed E-state index contributed by atoms with van der Waals surface area (Å²) in [5, 5.41) is 0. The molecule has 10 aliphatic heterocycles. The molecule has 10 aromatic rings. The molecule has 0 atom stereocenters. The van der Waals surface area contributed by atoms with Crippen LogP contribution in [0.1, 0.15) is 167 Å². The van der Waals surface area contributed by atoms with Crippen molar-refractivity contribution in [1.29, 1.82) is 0 Å². The predicted molar refractivity (Wildman–Crippen MR) is 542 cm³/mol. The lowest BCUT2D eigenvalue weighted by atomic mass is 10.1. The first-order valence-electron chi connectivity index (χ1n) is 50.9. The highest BCUT2D eigenvalue weighted by atomic mass is 19.1. The number of ether oxygens (including phenoxy) is 9. The molecular weight excluding hydrogens is 1840 g/mol. The Kier molecular flexibility index (Phi) is 38.1. The Balaban J connectivity index is 0.000000129. The van der Waals surface area contributed by atoms with Crippen molar-refractivity contribution in [2.75, 3.05) is 191 Å². The van der Waals surface area contributed by atoms with Gasteiger partial charge in [-0.25, -0.2) is 15.0 Å². The van der Waals surface area contributed by atoms with Gasteiger partial charge in [-0.3, -0.25) is 77.9 Å². The molecule has 0 unspecified atom stereocenters. The van der Waals surface area contributed by atoms with Crippen LogP contribution in [0.15, 0.2) is 145 Å². The van der Waals surface area contributed by atoms with Crippen molar-refractivity contribution in [1.82, 2.24) is 74.3 Å². The number of aromatic amines is 1. The van der Waals surface area contributed by atoms with E-state index >= 15 is 0 Å². The van der Waals surface area contributed by atoms with E-state index in [1.807, 2.05) is 24.3 Å². The number of nitrogens with zero attached hydrogens (tertiary/aromatic N) is 19. The SMILES string of the molecule is CCCCOc1ncc2c(n1)N(Cc1ccc(CN3CCCC3)cc1)C(=O)C2.COCCOc1nc(F)c2c(n1)N(Cc1ccc(CN3CCCC3)cc1)C(=O)C2.COCCOc1nc2c(c(=O)[nH]1)CC(=O)N2Cc1ccc(CN2CCCC2)cc1.COCCOc1ncc2c(n1)N(CCc1ccc(CN3CCCC3)cc1)C(=O)C2.COCCOc1ncc2c(n1)N(Cc1ccc(CCN3CCCC3)cc1)C(=O)C2. The van der Waals surface area contributed by atoms with E-state index in [9.17, 15) is 33.2 Å². The maximum Gasteiger partial charge on any atom is 0.321 e. The lowest BCUT2D eigenvalue weighted by Gasteiger charge is -2.18. The van der Waals surface area contributed by atoms with E-state index in [4.69, 9.17) is 42.6 Å². The number of likely N-dealkylation sites (tertiary alicyclic amines) is 5. The number of unbranched alkanes of at least 4 members (excludes halogenated alkanes) is 1. The van der Waals surface area contributed by atoms with Crippen LogP contribution in [-0.4, -0.2) is 270 Å². The van der Waals surface area contributed by atoms with Gasteiger partial charge in [-0.05, 0) is 205 Å². The summed E-state index contributed by atoms with van der Waals surface area (Å²) < 4.78 is 61.5. The van der Waals surface area contributed by atoms with Crippen molar-refractivity contribution < 1.29 is 71.0 Å². The van der Waals surface area contributed by atoms with E-state index in [1.54, 1.807) is 66.6 Å². The van der Waals surface area contributed by atoms with Gasteiger partial charge in [-0.2, -0.15) is 34.3 Å². The average Bonchev–Trinajstić information content (AvgIpc) is 1.64. The zero-order valence-electron chi connectivity index (χ0n) is 83.7. The van der Waals surface area contributed by atoms with Crippen molar-refractivity contribution in [2.45, 2.75) is 181 Å². The van der Waals surface area contributed by atoms with Crippen LogP contribution in [0.5, 0.6) is 30.1 Å². The third-order valence-electron chi connectivity index (χ3n) is 27.1. The van der Waals surface area contributed by atoms with E-state index in [0.717, 1.165) is 124 Å². The highest BCUT2D eigenvalue weighted by molar-refractivity contribution is 6.03. The third-order valence-corrected chi connectivity index (χ3v) is 27.1. The molecule has 5 aromatic heterocycles. The van der Waals surface area contributed by atoms with Gasteiger partial charge in [-0.1, -0.05) is 135 Å². The van der Waals surface area contributed by atoms with Crippen LogP contribution < -0.4 is 53.7 Å². The molecular formula is C108H135FN20O15.